The molecule has 0 saturated carbocycles. The van der Waals surface area contributed by atoms with Gasteiger partial charge in [-0.25, -0.2) is 9.59 Å². The first-order chi connectivity index (χ1) is 37.9. The summed E-state index contributed by atoms with van der Waals surface area (Å²) in [4.78, 5) is 180. The lowest BCUT2D eigenvalue weighted by Gasteiger charge is -2.26. The molecule has 0 fully saturated rings. The van der Waals surface area contributed by atoms with Gasteiger partial charge in [0.25, 0.3) is 11.8 Å². The van der Waals surface area contributed by atoms with Gasteiger partial charge in [0.15, 0.2) is 0 Å². The average Bonchev–Trinajstić information content (AvgIpc) is 4.15. The van der Waals surface area contributed by atoms with Crippen LogP contribution in [0.4, 0.5) is 0 Å². The third kappa shape index (κ3) is 26.0. The molecule has 8 amide bonds. The Labute approximate surface area is 464 Å². The highest BCUT2D eigenvalue weighted by atomic mass is 32.1. The maximum atomic E-state index is 13.9. The molecule has 18 N–H and O–H groups in total. The van der Waals surface area contributed by atoms with Crippen molar-refractivity contribution in [2.75, 3.05) is 13.1 Å². The lowest BCUT2D eigenvalue weighted by atomic mass is 10.0. The van der Waals surface area contributed by atoms with Crippen LogP contribution in [0, 0.1) is 0 Å². The van der Waals surface area contributed by atoms with Crippen LogP contribution >= 0.6 is 22.7 Å². The highest BCUT2D eigenvalue weighted by molar-refractivity contribution is 7.12. The van der Waals surface area contributed by atoms with E-state index in [-0.39, 0.29) is 61.4 Å². The Kier molecular flexibility index (Phi) is 30.7. The van der Waals surface area contributed by atoms with Crippen molar-refractivity contribution in [3.8, 4) is 0 Å². The van der Waals surface area contributed by atoms with Crippen molar-refractivity contribution in [3.05, 3.63) is 44.8 Å². The van der Waals surface area contributed by atoms with Gasteiger partial charge in [0, 0.05) is 12.8 Å². The lowest BCUT2D eigenvalue weighted by Crippen LogP contribution is -2.58. The fourth-order valence-electron chi connectivity index (χ4n) is 7.48. The predicted molar refractivity (Wildman–Crippen MR) is 281 cm³/mol. The summed E-state index contributed by atoms with van der Waals surface area (Å²) in [5, 5.41) is 79.3. The van der Waals surface area contributed by atoms with Crippen LogP contribution in [0.5, 0.6) is 0 Å². The minimum Gasteiger partial charge on any atom is -0.481 e. The molecule has 0 radical (unpaired) electrons. The van der Waals surface area contributed by atoms with Crippen molar-refractivity contribution in [2.45, 2.75) is 151 Å². The van der Waals surface area contributed by atoms with Crippen LogP contribution in [0.15, 0.2) is 35.0 Å². The summed E-state index contributed by atoms with van der Waals surface area (Å²) in [5.74, 6) is -17.9. The maximum Gasteiger partial charge on any atom is 0.326 e. The smallest absolute Gasteiger partial charge is 0.326 e. The van der Waals surface area contributed by atoms with Gasteiger partial charge in [-0.1, -0.05) is 25.0 Å². The van der Waals surface area contributed by atoms with Crippen molar-refractivity contribution in [3.63, 3.8) is 0 Å². The monoisotopic (exact) mass is 1170 g/mol. The Balaban J connectivity index is 2.53. The molecule has 442 valence electrons. The first kappa shape index (κ1) is 68.0. The van der Waals surface area contributed by atoms with E-state index in [1.54, 1.807) is 10.8 Å². The fourth-order valence-corrected chi connectivity index (χ4v) is 8.74. The number of nitrogens with one attached hydrogen (secondary N) is 8. The highest BCUT2D eigenvalue weighted by Gasteiger charge is 2.35. The number of aliphatic carboxylic acids is 6. The molecule has 2 heterocycles. The molecule has 0 bridgehead atoms. The average molecular weight is 1170 g/mol. The number of nitrogens with two attached hydrogens (primary N) is 2. The van der Waals surface area contributed by atoms with Crippen molar-refractivity contribution < 1.29 is 97.8 Å². The normalized spacial score (nSPS) is 13.9. The molecule has 2 rings (SSSR count). The zero-order chi connectivity index (χ0) is 59.9. The number of carboxylic acids is 6. The number of amides is 8. The van der Waals surface area contributed by atoms with Gasteiger partial charge in [0.1, 0.15) is 48.3 Å². The molecular formula is C48H68N10O20S2. The topological polar surface area (TPSA) is 509 Å². The summed E-state index contributed by atoms with van der Waals surface area (Å²) in [5.41, 5.74) is 11.1. The van der Waals surface area contributed by atoms with E-state index in [0.29, 0.717) is 12.8 Å². The Morgan fingerprint density at radius 2 is 0.637 bits per heavy atom. The SMILES string of the molecule is NCCCC[C@H](NC(=O)[C@H](CCCC[C@H](NC(=O)[C@H](CC(=O)O)NC(=O)[C@H](CCC(=O)O)NC(=O)c1cccs1)C(=O)N[C@@H](CCCCN)C(=O)O)NC(=O)[C@H](CC(=O)O)NC(=O)[C@H](CCC(=O)O)NC(=O)c1cccs1)C(=O)O. The second-order valence-electron chi connectivity index (χ2n) is 18.0. The number of hydrogen-bond donors (Lipinski definition) is 16. The summed E-state index contributed by atoms with van der Waals surface area (Å²) < 4.78 is 0. The van der Waals surface area contributed by atoms with Crippen LogP contribution in [-0.2, 0) is 57.5 Å². The molecule has 0 aliphatic heterocycles. The summed E-state index contributed by atoms with van der Waals surface area (Å²) in [6.45, 7) is 0.351. The molecule has 2 aromatic heterocycles. The van der Waals surface area contributed by atoms with Gasteiger partial charge >= 0.3 is 35.8 Å². The van der Waals surface area contributed by atoms with E-state index in [1.165, 1.54) is 24.3 Å². The van der Waals surface area contributed by atoms with E-state index < -0.39 is 183 Å². The molecular weight excluding hydrogens is 1100 g/mol. The van der Waals surface area contributed by atoms with Crippen LogP contribution < -0.4 is 54.0 Å². The molecule has 0 aliphatic rings. The predicted octanol–water partition coefficient (Wildman–Crippen LogP) is -1.72. The third-order valence-electron chi connectivity index (χ3n) is 11.7. The van der Waals surface area contributed by atoms with Crippen molar-refractivity contribution >= 4 is 106 Å². The maximum absolute atomic E-state index is 13.9. The van der Waals surface area contributed by atoms with E-state index in [9.17, 15) is 97.8 Å². The Morgan fingerprint density at radius 3 is 0.912 bits per heavy atom. The van der Waals surface area contributed by atoms with Crippen LogP contribution in [0.25, 0.3) is 0 Å². The molecule has 0 aromatic carbocycles. The van der Waals surface area contributed by atoms with Crippen LogP contribution in [-0.4, -0.2) is 175 Å². The van der Waals surface area contributed by atoms with Gasteiger partial charge in [-0.15, -0.1) is 22.7 Å². The van der Waals surface area contributed by atoms with E-state index in [4.69, 9.17) is 11.5 Å². The van der Waals surface area contributed by atoms with Crippen LogP contribution in [0.1, 0.15) is 122 Å². The number of hydrogen-bond acceptors (Lipinski definition) is 18. The van der Waals surface area contributed by atoms with Crippen molar-refractivity contribution in [1.29, 1.82) is 0 Å². The molecule has 0 spiro atoms. The molecule has 80 heavy (non-hydrogen) atoms. The quantitative estimate of drug-likeness (QED) is 0.0329. The summed E-state index contributed by atoms with van der Waals surface area (Å²) in [7, 11) is 0. The second-order valence-corrected chi connectivity index (χ2v) is 19.9. The van der Waals surface area contributed by atoms with Gasteiger partial charge in [-0.2, -0.15) is 0 Å². The Hall–Kier alpha value is -8.10. The van der Waals surface area contributed by atoms with Crippen LogP contribution in [0.2, 0.25) is 0 Å². The van der Waals surface area contributed by atoms with E-state index in [0.717, 1.165) is 22.7 Å². The largest absolute Gasteiger partial charge is 0.481 e. The first-order valence-corrected chi connectivity index (χ1v) is 26.9. The minimum atomic E-state index is -2.01. The van der Waals surface area contributed by atoms with E-state index in [1.807, 2.05) is 0 Å². The number of rotatable bonds is 41. The van der Waals surface area contributed by atoms with Gasteiger partial charge in [0.2, 0.25) is 35.4 Å². The number of carbonyl (C=O) groups excluding carboxylic acids is 8. The molecule has 2 aromatic rings. The standard InChI is InChI=1S/C48H68N10O20S2/c49-19-5-3-11-29(47(75)76)55-39(67)25(51-43(71)31(23-37(63)64)57-41(69)27(15-17-35(59)60)53-45(73)33-13-7-21-79-33)9-1-2-10-26(40(68)56-30(48(77)78)12-4-6-20-50)52-44(72)32(24-38(65)66)58-42(70)28(16-18-36(61)62)54-46(74)34-14-8-22-80-34/h7-8,13-14,21-22,25-32H,1-6,9-12,15-20,23-24,49-50H2,(H,51,71)(H,52,72)(H,53,73)(H,54,74)(H,55,67)(H,56,68)(H,57,69)(H,58,70)(H,59,60)(H,61,62)(H,63,64)(H,65,66)(H,75,76)(H,77,78)/t25-,26-,27-,28-,29-,30-,31-,32-/m0/s1. The first-order valence-electron chi connectivity index (χ1n) is 25.1. The van der Waals surface area contributed by atoms with Gasteiger partial charge < -0.3 is 84.6 Å². The molecule has 8 atom stereocenters. The van der Waals surface area contributed by atoms with E-state index >= 15 is 0 Å². The van der Waals surface area contributed by atoms with Crippen LogP contribution in [0.3, 0.4) is 0 Å². The number of unbranched alkanes of at least 4 members (excludes halogenated alkanes) is 3. The van der Waals surface area contributed by atoms with Gasteiger partial charge in [-0.05, 0) is 100 Å². The van der Waals surface area contributed by atoms with Gasteiger partial charge in [-0.3, -0.25) is 57.5 Å². The number of carboxylic acid groups (broad SMARTS) is 6. The van der Waals surface area contributed by atoms with Gasteiger partial charge in [0.05, 0.1) is 22.6 Å². The summed E-state index contributed by atoms with van der Waals surface area (Å²) in [6.07, 6.45) is -5.11. The summed E-state index contributed by atoms with van der Waals surface area (Å²) in [6, 6.07) is -8.04. The molecule has 32 heteroatoms. The highest BCUT2D eigenvalue weighted by Crippen LogP contribution is 2.15. The summed E-state index contributed by atoms with van der Waals surface area (Å²) >= 11 is 1.96. The zero-order valence-corrected chi connectivity index (χ0v) is 44.8. The number of carbonyl (C=O) groups is 14. The number of thiophene rings is 2. The molecule has 0 saturated heterocycles. The molecule has 0 aliphatic carbocycles. The minimum absolute atomic E-state index is 0.121. The van der Waals surface area contributed by atoms with E-state index in [2.05, 4.69) is 42.5 Å². The van der Waals surface area contributed by atoms with Crippen molar-refractivity contribution in [1.82, 2.24) is 42.5 Å². The zero-order valence-electron chi connectivity index (χ0n) is 43.2. The third-order valence-corrected chi connectivity index (χ3v) is 13.4. The van der Waals surface area contributed by atoms with Crippen molar-refractivity contribution in [2.24, 2.45) is 11.5 Å². The Bertz CT molecular complexity index is 2300. The fraction of sp³-hybridized carbons (Fsp3) is 0.542. The molecule has 0 unspecified atom stereocenters. The second kappa shape index (κ2) is 36.1. The Morgan fingerprint density at radius 1 is 0.362 bits per heavy atom. The lowest BCUT2D eigenvalue weighted by molar-refractivity contribution is -0.143. The molecule has 30 nitrogen and oxygen atoms in total.